The van der Waals surface area contributed by atoms with Gasteiger partial charge in [-0.1, -0.05) is 18.2 Å². The Balaban J connectivity index is 2.23. The highest BCUT2D eigenvalue weighted by Gasteiger charge is 2.14. The number of hydrogen-bond acceptors (Lipinski definition) is 3. The smallest absolute Gasteiger partial charge is 0.276 e. The Kier molecular flexibility index (Phi) is 3.35. The number of pyridine rings is 1. The predicted molar refractivity (Wildman–Crippen MR) is 68.1 cm³/mol. The Labute approximate surface area is 105 Å². The van der Waals surface area contributed by atoms with Crippen LogP contribution in [0.1, 0.15) is 16.1 Å². The Bertz CT molecular complexity index is 585. The highest BCUT2D eigenvalue weighted by Crippen LogP contribution is 2.13. The lowest BCUT2D eigenvalue weighted by atomic mass is 10.2. The van der Waals surface area contributed by atoms with Crippen molar-refractivity contribution >= 4 is 11.6 Å². The van der Waals surface area contributed by atoms with E-state index in [9.17, 15) is 4.79 Å². The molecule has 2 rings (SSSR count). The molecule has 4 nitrogen and oxygen atoms in total. The van der Waals surface area contributed by atoms with Crippen LogP contribution >= 0.6 is 0 Å². The van der Waals surface area contributed by atoms with E-state index in [4.69, 9.17) is 5.26 Å². The first-order valence-corrected chi connectivity index (χ1v) is 5.41. The summed E-state index contributed by atoms with van der Waals surface area (Å²) in [4.78, 5) is 17.6. The van der Waals surface area contributed by atoms with Crippen molar-refractivity contribution in [3.63, 3.8) is 0 Å². The van der Waals surface area contributed by atoms with E-state index in [2.05, 4.69) is 4.98 Å². The van der Waals surface area contributed by atoms with Crippen molar-refractivity contribution in [2.75, 3.05) is 11.9 Å². The zero-order valence-corrected chi connectivity index (χ0v) is 9.87. The molecule has 18 heavy (non-hydrogen) atoms. The van der Waals surface area contributed by atoms with Crippen molar-refractivity contribution < 1.29 is 4.79 Å². The number of hydrogen-bond donors (Lipinski definition) is 0. The maximum absolute atomic E-state index is 12.1. The van der Waals surface area contributed by atoms with Gasteiger partial charge >= 0.3 is 0 Å². The average molecular weight is 237 g/mol. The molecule has 1 aromatic carbocycles. The summed E-state index contributed by atoms with van der Waals surface area (Å²) in [5.41, 5.74) is 1.56. The first-order chi connectivity index (χ1) is 8.72. The molecule has 0 bridgehead atoms. The van der Waals surface area contributed by atoms with Crippen molar-refractivity contribution in [3.05, 3.63) is 59.9 Å². The highest BCUT2D eigenvalue weighted by molar-refractivity contribution is 6.04. The van der Waals surface area contributed by atoms with Crippen LogP contribution in [-0.2, 0) is 0 Å². The molecule has 1 heterocycles. The van der Waals surface area contributed by atoms with Crippen molar-refractivity contribution in [3.8, 4) is 6.07 Å². The van der Waals surface area contributed by atoms with Gasteiger partial charge in [0.25, 0.3) is 5.91 Å². The van der Waals surface area contributed by atoms with E-state index in [0.717, 1.165) is 5.69 Å². The van der Waals surface area contributed by atoms with E-state index in [1.807, 2.05) is 36.4 Å². The summed E-state index contributed by atoms with van der Waals surface area (Å²) < 4.78 is 0. The first-order valence-electron chi connectivity index (χ1n) is 5.41. The van der Waals surface area contributed by atoms with Gasteiger partial charge < -0.3 is 4.90 Å². The molecule has 0 spiro atoms. The summed E-state index contributed by atoms with van der Waals surface area (Å²) in [6.45, 7) is 0. The van der Waals surface area contributed by atoms with Crippen LogP contribution < -0.4 is 4.90 Å². The molecule has 0 N–H and O–H groups in total. The lowest BCUT2D eigenvalue weighted by Crippen LogP contribution is -2.26. The number of nitriles is 1. The van der Waals surface area contributed by atoms with E-state index >= 15 is 0 Å². The molecule has 0 unspecified atom stereocenters. The Morgan fingerprint density at radius 3 is 2.50 bits per heavy atom. The number of aromatic nitrogens is 1. The second-order valence-electron chi connectivity index (χ2n) is 3.74. The molecule has 0 saturated carbocycles. The fourth-order valence-corrected chi connectivity index (χ4v) is 1.53. The number of anilines is 1. The number of carbonyl (C=O) groups excluding carboxylic acids is 1. The molecule has 88 valence electrons. The second kappa shape index (κ2) is 5.11. The molecule has 0 radical (unpaired) electrons. The van der Waals surface area contributed by atoms with Crippen LogP contribution in [0.3, 0.4) is 0 Å². The molecule has 2 aromatic rings. The zero-order chi connectivity index (χ0) is 13.0. The normalized spacial score (nSPS) is 9.56. The van der Waals surface area contributed by atoms with E-state index in [1.54, 1.807) is 19.2 Å². The predicted octanol–water partition coefficient (Wildman–Crippen LogP) is 2.23. The van der Waals surface area contributed by atoms with Crippen LogP contribution in [0.2, 0.25) is 0 Å². The minimum atomic E-state index is -0.203. The van der Waals surface area contributed by atoms with Crippen molar-refractivity contribution in [1.29, 1.82) is 5.26 Å². The molecule has 1 amide bonds. The topological polar surface area (TPSA) is 57.0 Å². The third kappa shape index (κ3) is 2.36. The van der Waals surface area contributed by atoms with Crippen molar-refractivity contribution in [2.24, 2.45) is 0 Å². The molecular weight excluding hydrogens is 226 g/mol. The molecule has 1 aromatic heterocycles. The lowest BCUT2D eigenvalue weighted by Gasteiger charge is -2.16. The largest absolute Gasteiger partial charge is 0.310 e. The van der Waals surface area contributed by atoms with Crippen LogP contribution in [0.4, 0.5) is 5.69 Å². The standard InChI is InChI=1S/C14H11N3O/c1-17(12-5-3-2-4-6-12)14(18)13-8-7-11(9-15)10-16-13/h2-8,10H,1H3. The summed E-state index contributed by atoms with van der Waals surface area (Å²) in [6, 6.07) is 14.4. The Hall–Kier alpha value is -2.67. The van der Waals surface area contributed by atoms with Crippen LogP contribution in [-0.4, -0.2) is 17.9 Å². The molecule has 0 saturated heterocycles. The monoisotopic (exact) mass is 237 g/mol. The number of para-hydroxylation sites is 1. The van der Waals surface area contributed by atoms with E-state index in [0.29, 0.717) is 11.3 Å². The number of amides is 1. The van der Waals surface area contributed by atoms with Gasteiger partial charge in [-0.2, -0.15) is 5.26 Å². The molecule has 0 fully saturated rings. The zero-order valence-electron chi connectivity index (χ0n) is 9.87. The van der Waals surface area contributed by atoms with Gasteiger partial charge in [0.05, 0.1) is 5.56 Å². The van der Waals surface area contributed by atoms with Gasteiger partial charge in [0, 0.05) is 18.9 Å². The molecule has 4 heteroatoms. The lowest BCUT2D eigenvalue weighted by molar-refractivity contribution is 0.0988. The average Bonchev–Trinajstić information content (AvgIpc) is 2.47. The summed E-state index contributed by atoms with van der Waals surface area (Å²) in [7, 11) is 1.69. The van der Waals surface area contributed by atoms with Crippen LogP contribution in [0.15, 0.2) is 48.7 Å². The summed E-state index contributed by atoms with van der Waals surface area (Å²) in [5.74, 6) is -0.203. The minimum Gasteiger partial charge on any atom is -0.310 e. The molecule has 0 aliphatic rings. The molecule has 0 atom stereocenters. The number of nitrogens with zero attached hydrogens (tertiary/aromatic N) is 3. The maximum atomic E-state index is 12.1. The molecule has 0 aliphatic heterocycles. The van der Waals surface area contributed by atoms with Crippen LogP contribution in [0, 0.1) is 11.3 Å². The quantitative estimate of drug-likeness (QED) is 0.804. The van der Waals surface area contributed by atoms with Crippen molar-refractivity contribution in [1.82, 2.24) is 4.98 Å². The Morgan fingerprint density at radius 2 is 1.94 bits per heavy atom. The fraction of sp³-hybridized carbons (Fsp3) is 0.0714. The van der Waals surface area contributed by atoms with Gasteiger partial charge in [-0.3, -0.25) is 4.79 Å². The van der Waals surface area contributed by atoms with Gasteiger partial charge in [-0.25, -0.2) is 4.98 Å². The Morgan fingerprint density at radius 1 is 1.22 bits per heavy atom. The minimum absolute atomic E-state index is 0.203. The van der Waals surface area contributed by atoms with E-state index in [-0.39, 0.29) is 5.91 Å². The van der Waals surface area contributed by atoms with Crippen LogP contribution in [0.5, 0.6) is 0 Å². The van der Waals surface area contributed by atoms with Gasteiger partial charge in [-0.15, -0.1) is 0 Å². The van der Waals surface area contributed by atoms with E-state index in [1.165, 1.54) is 11.1 Å². The van der Waals surface area contributed by atoms with Crippen molar-refractivity contribution in [2.45, 2.75) is 0 Å². The number of rotatable bonds is 2. The highest BCUT2D eigenvalue weighted by atomic mass is 16.2. The number of carbonyl (C=O) groups is 1. The third-order valence-corrected chi connectivity index (χ3v) is 2.56. The molecular formula is C14H11N3O. The SMILES string of the molecule is CN(C(=O)c1ccc(C#N)cn1)c1ccccc1. The van der Waals surface area contributed by atoms with E-state index < -0.39 is 0 Å². The third-order valence-electron chi connectivity index (χ3n) is 2.56. The maximum Gasteiger partial charge on any atom is 0.276 e. The summed E-state index contributed by atoms with van der Waals surface area (Å²) in [5, 5.41) is 8.67. The summed E-state index contributed by atoms with van der Waals surface area (Å²) >= 11 is 0. The molecule has 0 aliphatic carbocycles. The second-order valence-corrected chi connectivity index (χ2v) is 3.74. The fourth-order valence-electron chi connectivity index (χ4n) is 1.53. The van der Waals surface area contributed by atoms with Gasteiger partial charge in [-0.05, 0) is 24.3 Å². The van der Waals surface area contributed by atoms with Gasteiger partial charge in [0.1, 0.15) is 11.8 Å². The first kappa shape index (κ1) is 11.8. The number of benzene rings is 1. The van der Waals surface area contributed by atoms with Crippen LogP contribution in [0.25, 0.3) is 0 Å². The summed E-state index contributed by atoms with van der Waals surface area (Å²) in [6.07, 6.45) is 1.39. The van der Waals surface area contributed by atoms with Gasteiger partial charge in [0.2, 0.25) is 0 Å². The van der Waals surface area contributed by atoms with Gasteiger partial charge in [0.15, 0.2) is 0 Å².